The van der Waals surface area contributed by atoms with Gasteiger partial charge in [-0.1, -0.05) is 31.2 Å². The number of rotatable bonds is 5. The molecule has 1 aromatic carbocycles. The van der Waals surface area contributed by atoms with E-state index in [9.17, 15) is 0 Å². The van der Waals surface area contributed by atoms with Crippen LogP contribution in [0, 0.1) is 13.8 Å². The number of pyridine rings is 1. The van der Waals surface area contributed by atoms with Crippen LogP contribution in [0.4, 0.5) is 23.3 Å². The molecule has 6 nitrogen and oxygen atoms in total. The van der Waals surface area contributed by atoms with Crippen LogP contribution in [0.25, 0.3) is 0 Å². The van der Waals surface area contributed by atoms with Gasteiger partial charge in [-0.3, -0.25) is 0 Å². The van der Waals surface area contributed by atoms with E-state index in [0.717, 1.165) is 55.6 Å². The van der Waals surface area contributed by atoms with Gasteiger partial charge in [0.15, 0.2) is 0 Å². The topological polar surface area (TPSA) is 57.2 Å². The molecule has 0 bridgehead atoms. The summed E-state index contributed by atoms with van der Waals surface area (Å²) in [5.74, 6) is 2.68. The zero-order valence-electron chi connectivity index (χ0n) is 17.4. The van der Waals surface area contributed by atoms with Gasteiger partial charge in [-0.15, -0.1) is 0 Å². The highest BCUT2D eigenvalue weighted by Crippen LogP contribution is 2.26. The molecule has 0 saturated carbocycles. The molecule has 3 aromatic rings. The van der Waals surface area contributed by atoms with E-state index in [4.69, 9.17) is 4.98 Å². The Balaban J connectivity index is 1.51. The molecule has 0 atom stereocenters. The van der Waals surface area contributed by atoms with Crippen molar-refractivity contribution in [3.63, 3.8) is 0 Å². The molecular formula is C23H28N6. The Labute approximate surface area is 172 Å². The number of nitrogens with zero attached hydrogens (tertiary/aromatic N) is 5. The monoisotopic (exact) mass is 388 g/mol. The number of aromatic nitrogens is 3. The minimum atomic E-state index is 0.663. The van der Waals surface area contributed by atoms with Gasteiger partial charge in [0.25, 0.3) is 0 Å². The first-order chi connectivity index (χ1) is 14.1. The summed E-state index contributed by atoms with van der Waals surface area (Å²) in [5.41, 5.74) is 4.57. The van der Waals surface area contributed by atoms with E-state index < -0.39 is 0 Å². The number of hydrogen-bond acceptors (Lipinski definition) is 6. The second-order valence-electron chi connectivity index (χ2n) is 7.44. The zero-order valence-corrected chi connectivity index (χ0v) is 17.4. The van der Waals surface area contributed by atoms with Crippen LogP contribution in [-0.2, 0) is 6.42 Å². The van der Waals surface area contributed by atoms with Crippen LogP contribution < -0.4 is 15.1 Å². The maximum atomic E-state index is 4.84. The van der Waals surface area contributed by atoms with Gasteiger partial charge in [0, 0.05) is 49.8 Å². The minimum absolute atomic E-state index is 0.663. The summed E-state index contributed by atoms with van der Waals surface area (Å²) in [6, 6.07) is 14.5. The van der Waals surface area contributed by atoms with Crippen molar-refractivity contribution < 1.29 is 0 Å². The zero-order chi connectivity index (χ0) is 20.2. The summed E-state index contributed by atoms with van der Waals surface area (Å²) in [7, 11) is 0. The Hall–Kier alpha value is -3.15. The molecule has 29 heavy (non-hydrogen) atoms. The summed E-state index contributed by atoms with van der Waals surface area (Å²) in [6.45, 7) is 10.0. The van der Waals surface area contributed by atoms with Crippen molar-refractivity contribution in [1.82, 2.24) is 15.0 Å². The molecule has 6 heteroatoms. The van der Waals surface area contributed by atoms with Crippen LogP contribution in [0.3, 0.4) is 0 Å². The largest absolute Gasteiger partial charge is 0.353 e. The number of anilines is 4. The molecule has 0 aliphatic carbocycles. The number of benzene rings is 1. The highest BCUT2D eigenvalue weighted by atomic mass is 15.3. The first-order valence-electron chi connectivity index (χ1n) is 10.3. The van der Waals surface area contributed by atoms with Gasteiger partial charge in [0.2, 0.25) is 5.95 Å². The fraction of sp³-hybridized carbons (Fsp3) is 0.348. The second kappa shape index (κ2) is 8.47. The third-order valence-electron chi connectivity index (χ3n) is 5.39. The Morgan fingerprint density at radius 3 is 2.34 bits per heavy atom. The molecule has 0 spiro atoms. The second-order valence-corrected chi connectivity index (χ2v) is 7.44. The number of para-hydroxylation sites is 1. The third kappa shape index (κ3) is 4.31. The van der Waals surface area contributed by atoms with Gasteiger partial charge in [0.05, 0.1) is 0 Å². The molecule has 0 unspecified atom stereocenters. The van der Waals surface area contributed by atoms with Gasteiger partial charge in [-0.05, 0) is 43.5 Å². The highest BCUT2D eigenvalue weighted by Gasteiger charge is 2.20. The van der Waals surface area contributed by atoms with E-state index in [1.807, 2.05) is 25.3 Å². The predicted octanol–water partition coefficient (Wildman–Crippen LogP) is 4.12. The quantitative estimate of drug-likeness (QED) is 0.709. The van der Waals surface area contributed by atoms with Gasteiger partial charge in [-0.25, -0.2) is 9.97 Å². The normalized spacial score (nSPS) is 14.2. The Bertz CT molecular complexity index is 964. The van der Waals surface area contributed by atoms with E-state index in [1.165, 1.54) is 11.1 Å². The number of hydrogen-bond donors (Lipinski definition) is 1. The van der Waals surface area contributed by atoms with Gasteiger partial charge in [0.1, 0.15) is 11.6 Å². The van der Waals surface area contributed by atoms with Crippen LogP contribution >= 0.6 is 0 Å². The van der Waals surface area contributed by atoms with Crippen LogP contribution in [0.2, 0.25) is 0 Å². The molecule has 2 aromatic heterocycles. The third-order valence-corrected chi connectivity index (χ3v) is 5.39. The van der Waals surface area contributed by atoms with Crippen molar-refractivity contribution in [2.75, 3.05) is 41.3 Å². The molecule has 1 saturated heterocycles. The van der Waals surface area contributed by atoms with E-state index in [-0.39, 0.29) is 0 Å². The van der Waals surface area contributed by atoms with Crippen molar-refractivity contribution in [2.45, 2.75) is 27.2 Å². The lowest BCUT2D eigenvalue weighted by atomic mass is 10.1. The molecule has 1 aliphatic heterocycles. The predicted molar refractivity (Wildman–Crippen MR) is 119 cm³/mol. The van der Waals surface area contributed by atoms with Gasteiger partial charge >= 0.3 is 0 Å². The van der Waals surface area contributed by atoms with Crippen LogP contribution in [0.1, 0.15) is 23.7 Å². The average molecular weight is 389 g/mol. The SMILES string of the molecule is CCc1cccc(C)c1Nc1nc(C)cc(N2CCN(c3ccccn3)CC2)n1. The molecule has 1 fully saturated rings. The van der Waals surface area contributed by atoms with E-state index in [2.05, 4.69) is 69.3 Å². The minimum Gasteiger partial charge on any atom is -0.353 e. The van der Waals surface area contributed by atoms with Crippen molar-refractivity contribution in [3.05, 3.63) is 65.5 Å². The van der Waals surface area contributed by atoms with E-state index in [0.29, 0.717) is 5.95 Å². The smallest absolute Gasteiger partial charge is 0.229 e. The molecule has 150 valence electrons. The Morgan fingerprint density at radius 2 is 1.66 bits per heavy atom. The van der Waals surface area contributed by atoms with E-state index in [1.54, 1.807) is 0 Å². The molecule has 4 rings (SSSR count). The highest BCUT2D eigenvalue weighted by molar-refractivity contribution is 5.64. The van der Waals surface area contributed by atoms with Crippen LogP contribution in [-0.4, -0.2) is 41.1 Å². The van der Waals surface area contributed by atoms with Crippen molar-refractivity contribution in [2.24, 2.45) is 0 Å². The summed E-state index contributed by atoms with van der Waals surface area (Å²) in [5, 5.41) is 3.48. The fourth-order valence-corrected chi connectivity index (χ4v) is 3.79. The number of piperazine rings is 1. The van der Waals surface area contributed by atoms with Crippen LogP contribution in [0.15, 0.2) is 48.7 Å². The lowest BCUT2D eigenvalue weighted by Gasteiger charge is -2.36. The standard InChI is InChI=1S/C23H28N6/c1-4-19-9-7-8-17(2)22(19)27-23-25-18(3)16-21(26-23)29-14-12-28(13-15-29)20-10-5-6-11-24-20/h5-11,16H,4,12-15H2,1-3H3,(H,25,26,27). The molecule has 0 radical (unpaired) electrons. The first-order valence-corrected chi connectivity index (χ1v) is 10.3. The molecule has 3 heterocycles. The molecular weight excluding hydrogens is 360 g/mol. The van der Waals surface area contributed by atoms with Crippen molar-refractivity contribution >= 4 is 23.3 Å². The summed E-state index contributed by atoms with van der Waals surface area (Å²) in [6.07, 6.45) is 2.82. The van der Waals surface area contributed by atoms with Crippen LogP contribution in [0.5, 0.6) is 0 Å². The molecule has 1 aliphatic rings. The van der Waals surface area contributed by atoms with Crippen molar-refractivity contribution in [3.8, 4) is 0 Å². The fourth-order valence-electron chi connectivity index (χ4n) is 3.79. The number of nitrogens with one attached hydrogen (secondary N) is 1. The summed E-state index contributed by atoms with van der Waals surface area (Å²) >= 11 is 0. The Morgan fingerprint density at radius 1 is 0.897 bits per heavy atom. The molecule has 0 amide bonds. The maximum absolute atomic E-state index is 4.84. The van der Waals surface area contributed by atoms with Gasteiger partial charge in [-0.2, -0.15) is 4.98 Å². The summed E-state index contributed by atoms with van der Waals surface area (Å²) in [4.78, 5) is 18.6. The maximum Gasteiger partial charge on any atom is 0.229 e. The lowest BCUT2D eigenvalue weighted by molar-refractivity contribution is 0.641. The number of aryl methyl sites for hydroxylation is 3. The van der Waals surface area contributed by atoms with Crippen molar-refractivity contribution in [1.29, 1.82) is 0 Å². The van der Waals surface area contributed by atoms with E-state index >= 15 is 0 Å². The molecule has 1 N–H and O–H groups in total. The Kier molecular flexibility index (Phi) is 5.60. The summed E-state index contributed by atoms with van der Waals surface area (Å²) < 4.78 is 0. The van der Waals surface area contributed by atoms with Gasteiger partial charge < -0.3 is 15.1 Å². The average Bonchev–Trinajstić information content (AvgIpc) is 2.75. The lowest BCUT2D eigenvalue weighted by Crippen LogP contribution is -2.47. The first kappa shape index (κ1) is 19.2.